The Labute approximate surface area is 103 Å². The SMILES string of the molecule is CCS(=O)(=O)CCNCc1ccc(CO)cc1. The summed E-state index contributed by atoms with van der Waals surface area (Å²) in [6.45, 7) is 2.81. The maximum Gasteiger partial charge on any atom is 0.151 e. The molecule has 0 saturated carbocycles. The number of hydrogen-bond donors (Lipinski definition) is 2. The summed E-state index contributed by atoms with van der Waals surface area (Å²) in [5.74, 6) is 0.373. The van der Waals surface area contributed by atoms with Crippen LogP contribution >= 0.6 is 0 Å². The summed E-state index contributed by atoms with van der Waals surface area (Å²) in [4.78, 5) is 0. The van der Waals surface area contributed by atoms with Crippen LogP contribution in [0.15, 0.2) is 24.3 Å². The van der Waals surface area contributed by atoms with E-state index in [1.807, 2.05) is 24.3 Å². The number of rotatable bonds is 7. The van der Waals surface area contributed by atoms with Crippen LogP contribution in [-0.2, 0) is 23.0 Å². The smallest absolute Gasteiger partial charge is 0.151 e. The molecule has 0 unspecified atom stereocenters. The first-order valence-electron chi connectivity index (χ1n) is 5.67. The Hall–Kier alpha value is -0.910. The molecule has 0 spiro atoms. The monoisotopic (exact) mass is 257 g/mol. The summed E-state index contributed by atoms with van der Waals surface area (Å²) in [5, 5.41) is 12.0. The van der Waals surface area contributed by atoms with Crippen molar-refractivity contribution in [1.82, 2.24) is 5.32 Å². The molecule has 17 heavy (non-hydrogen) atoms. The van der Waals surface area contributed by atoms with E-state index in [0.717, 1.165) is 11.1 Å². The Bertz CT molecular complexity index is 426. The molecule has 5 heteroatoms. The Morgan fingerprint density at radius 1 is 1.18 bits per heavy atom. The second-order valence-electron chi connectivity index (χ2n) is 3.89. The molecule has 0 aromatic heterocycles. The molecule has 0 aliphatic heterocycles. The topological polar surface area (TPSA) is 66.4 Å². The van der Waals surface area contributed by atoms with Crippen LogP contribution in [0.25, 0.3) is 0 Å². The minimum absolute atomic E-state index is 0.0441. The van der Waals surface area contributed by atoms with Gasteiger partial charge in [0.15, 0.2) is 9.84 Å². The fourth-order valence-electron chi connectivity index (χ4n) is 1.37. The van der Waals surface area contributed by atoms with Crippen LogP contribution in [0.5, 0.6) is 0 Å². The highest BCUT2D eigenvalue weighted by Crippen LogP contribution is 2.03. The van der Waals surface area contributed by atoms with Crippen molar-refractivity contribution in [2.24, 2.45) is 0 Å². The molecule has 1 rings (SSSR count). The maximum atomic E-state index is 11.2. The lowest BCUT2D eigenvalue weighted by Gasteiger charge is -2.05. The Balaban J connectivity index is 2.31. The highest BCUT2D eigenvalue weighted by Gasteiger charge is 2.05. The van der Waals surface area contributed by atoms with E-state index >= 15 is 0 Å². The van der Waals surface area contributed by atoms with Crippen molar-refractivity contribution in [1.29, 1.82) is 0 Å². The van der Waals surface area contributed by atoms with Gasteiger partial charge in [-0.2, -0.15) is 0 Å². The fraction of sp³-hybridized carbons (Fsp3) is 0.500. The van der Waals surface area contributed by atoms with Gasteiger partial charge in [-0.15, -0.1) is 0 Å². The van der Waals surface area contributed by atoms with E-state index in [2.05, 4.69) is 5.32 Å². The van der Waals surface area contributed by atoms with Crippen molar-refractivity contribution in [2.45, 2.75) is 20.1 Å². The highest BCUT2D eigenvalue weighted by molar-refractivity contribution is 7.91. The van der Waals surface area contributed by atoms with Gasteiger partial charge in [0.05, 0.1) is 12.4 Å². The van der Waals surface area contributed by atoms with E-state index in [0.29, 0.717) is 13.1 Å². The highest BCUT2D eigenvalue weighted by atomic mass is 32.2. The lowest BCUT2D eigenvalue weighted by molar-refractivity contribution is 0.282. The third kappa shape index (κ3) is 5.30. The number of sulfone groups is 1. The average Bonchev–Trinajstić information content (AvgIpc) is 2.35. The van der Waals surface area contributed by atoms with Gasteiger partial charge in [-0.05, 0) is 11.1 Å². The first kappa shape index (κ1) is 14.2. The van der Waals surface area contributed by atoms with Crippen LogP contribution in [0, 0.1) is 0 Å². The molecule has 0 saturated heterocycles. The lowest BCUT2D eigenvalue weighted by atomic mass is 10.1. The summed E-state index contributed by atoms with van der Waals surface area (Å²) in [6.07, 6.45) is 0. The van der Waals surface area contributed by atoms with E-state index in [9.17, 15) is 8.42 Å². The third-order valence-corrected chi connectivity index (χ3v) is 4.27. The maximum absolute atomic E-state index is 11.2. The molecule has 4 nitrogen and oxygen atoms in total. The Kier molecular flexibility index (Phi) is 5.61. The number of aliphatic hydroxyl groups is 1. The second kappa shape index (κ2) is 6.74. The van der Waals surface area contributed by atoms with Gasteiger partial charge in [0.1, 0.15) is 0 Å². The van der Waals surface area contributed by atoms with Gasteiger partial charge in [0.25, 0.3) is 0 Å². The van der Waals surface area contributed by atoms with Gasteiger partial charge in [-0.3, -0.25) is 0 Å². The molecule has 0 radical (unpaired) electrons. The zero-order valence-corrected chi connectivity index (χ0v) is 10.8. The van der Waals surface area contributed by atoms with E-state index < -0.39 is 9.84 Å². The first-order chi connectivity index (χ1) is 8.07. The van der Waals surface area contributed by atoms with Crippen molar-refractivity contribution in [3.05, 3.63) is 35.4 Å². The zero-order chi connectivity index (χ0) is 12.7. The summed E-state index contributed by atoms with van der Waals surface area (Å²) >= 11 is 0. The van der Waals surface area contributed by atoms with Crippen molar-refractivity contribution >= 4 is 9.84 Å². The van der Waals surface area contributed by atoms with Crippen molar-refractivity contribution in [3.8, 4) is 0 Å². The zero-order valence-electron chi connectivity index (χ0n) is 10.0. The number of hydrogen-bond acceptors (Lipinski definition) is 4. The van der Waals surface area contributed by atoms with E-state index in [-0.39, 0.29) is 18.1 Å². The molecule has 0 amide bonds. The number of nitrogens with one attached hydrogen (secondary N) is 1. The number of aliphatic hydroxyl groups excluding tert-OH is 1. The Morgan fingerprint density at radius 3 is 2.29 bits per heavy atom. The van der Waals surface area contributed by atoms with Gasteiger partial charge in [-0.1, -0.05) is 31.2 Å². The normalized spacial score (nSPS) is 11.6. The minimum Gasteiger partial charge on any atom is -0.392 e. The molecule has 0 fully saturated rings. The molecule has 2 N–H and O–H groups in total. The summed E-state index contributed by atoms with van der Waals surface area (Å²) in [6, 6.07) is 7.57. The van der Waals surface area contributed by atoms with Crippen LogP contribution in [0.4, 0.5) is 0 Å². The predicted octanol–water partition coefficient (Wildman–Crippen LogP) is 0.703. The van der Waals surface area contributed by atoms with E-state index in [1.54, 1.807) is 6.92 Å². The van der Waals surface area contributed by atoms with Crippen molar-refractivity contribution in [3.63, 3.8) is 0 Å². The van der Waals surface area contributed by atoms with Crippen LogP contribution in [-0.4, -0.2) is 31.6 Å². The molecule has 1 aromatic rings. The standard InChI is InChI=1S/C12H19NO3S/c1-2-17(15,16)8-7-13-9-11-3-5-12(10-14)6-4-11/h3-6,13-14H,2,7-10H2,1H3. The van der Waals surface area contributed by atoms with Gasteiger partial charge in [-0.25, -0.2) is 8.42 Å². The third-order valence-electron chi connectivity index (χ3n) is 2.56. The van der Waals surface area contributed by atoms with Gasteiger partial charge in [0, 0.05) is 18.8 Å². The minimum atomic E-state index is -2.88. The van der Waals surface area contributed by atoms with Crippen molar-refractivity contribution < 1.29 is 13.5 Å². The van der Waals surface area contributed by atoms with Crippen molar-refractivity contribution in [2.75, 3.05) is 18.1 Å². The number of benzene rings is 1. The largest absolute Gasteiger partial charge is 0.392 e. The molecule has 96 valence electrons. The van der Waals surface area contributed by atoms with Gasteiger partial charge >= 0.3 is 0 Å². The molecule has 0 aliphatic carbocycles. The van der Waals surface area contributed by atoms with Crippen LogP contribution in [0.3, 0.4) is 0 Å². The summed E-state index contributed by atoms with van der Waals surface area (Å²) in [5.41, 5.74) is 1.96. The quantitative estimate of drug-likeness (QED) is 0.706. The lowest BCUT2D eigenvalue weighted by Crippen LogP contribution is -2.23. The molecular formula is C12H19NO3S. The molecular weight excluding hydrogens is 238 g/mol. The molecule has 0 aliphatic rings. The fourth-order valence-corrected chi connectivity index (χ4v) is 2.11. The summed E-state index contributed by atoms with van der Waals surface area (Å²) in [7, 11) is -2.88. The van der Waals surface area contributed by atoms with Crippen LogP contribution in [0.1, 0.15) is 18.1 Å². The average molecular weight is 257 g/mol. The predicted molar refractivity (Wildman–Crippen MR) is 68.4 cm³/mol. The van der Waals surface area contributed by atoms with Gasteiger partial charge in [0.2, 0.25) is 0 Å². The molecule has 0 atom stereocenters. The summed E-state index contributed by atoms with van der Waals surface area (Å²) < 4.78 is 22.5. The van der Waals surface area contributed by atoms with Crippen LogP contribution in [0.2, 0.25) is 0 Å². The molecule has 0 heterocycles. The second-order valence-corrected chi connectivity index (χ2v) is 6.36. The first-order valence-corrected chi connectivity index (χ1v) is 7.49. The van der Waals surface area contributed by atoms with E-state index in [1.165, 1.54) is 0 Å². The molecule has 1 aromatic carbocycles. The molecule has 0 bridgehead atoms. The Morgan fingerprint density at radius 2 is 1.76 bits per heavy atom. The van der Waals surface area contributed by atoms with E-state index in [4.69, 9.17) is 5.11 Å². The van der Waals surface area contributed by atoms with Crippen LogP contribution < -0.4 is 5.32 Å². The van der Waals surface area contributed by atoms with Gasteiger partial charge < -0.3 is 10.4 Å².